The van der Waals surface area contributed by atoms with Crippen LogP contribution in [0.4, 0.5) is 4.39 Å². The number of fused-ring (bicyclic) bond motifs is 1. The molecule has 0 saturated carbocycles. The lowest BCUT2D eigenvalue weighted by Gasteiger charge is -2.09. The minimum Gasteiger partial charge on any atom is -0.348 e. The monoisotopic (exact) mass is 435 g/mol. The Bertz CT molecular complexity index is 1120. The number of carbonyl (C=O) groups excluding carboxylic acids is 1. The van der Waals surface area contributed by atoms with Crippen molar-refractivity contribution in [1.82, 2.24) is 14.9 Å². The van der Waals surface area contributed by atoms with E-state index in [0.717, 1.165) is 0 Å². The van der Waals surface area contributed by atoms with Crippen LogP contribution >= 0.6 is 28.1 Å². The van der Waals surface area contributed by atoms with E-state index in [-0.39, 0.29) is 23.8 Å². The highest BCUT2D eigenvalue weighted by Gasteiger charge is 2.11. The van der Waals surface area contributed by atoms with Crippen LogP contribution in [0.3, 0.4) is 0 Å². The van der Waals surface area contributed by atoms with E-state index in [2.05, 4.69) is 26.2 Å². The minimum absolute atomic E-state index is 0.169. The second-order valence-corrected chi connectivity index (χ2v) is 6.90. The Kier molecular flexibility index (Phi) is 5.33. The van der Waals surface area contributed by atoms with Gasteiger partial charge in [-0.3, -0.25) is 14.2 Å². The van der Waals surface area contributed by atoms with E-state index in [1.807, 2.05) is 6.92 Å². The third-order valence-corrected chi connectivity index (χ3v) is 5.10. The largest absolute Gasteiger partial charge is 0.348 e. The molecule has 1 aromatic heterocycles. The third kappa shape index (κ3) is 3.61. The molecule has 3 rings (SSSR count). The van der Waals surface area contributed by atoms with Crippen molar-refractivity contribution in [2.45, 2.75) is 20.0 Å². The molecule has 26 heavy (non-hydrogen) atoms. The summed E-state index contributed by atoms with van der Waals surface area (Å²) >= 11 is 8.51. The van der Waals surface area contributed by atoms with Crippen LogP contribution < -0.4 is 10.9 Å². The van der Waals surface area contributed by atoms with Crippen LogP contribution in [0.5, 0.6) is 0 Å². The number of halogens is 2. The Morgan fingerprint density at radius 2 is 2.08 bits per heavy atom. The molecule has 2 N–H and O–H groups in total. The van der Waals surface area contributed by atoms with Crippen molar-refractivity contribution in [1.29, 1.82) is 0 Å². The summed E-state index contributed by atoms with van der Waals surface area (Å²) in [4.78, 5) is 27.8. The number of benzene rings is 2. The van der Waals surface area contributed by atoms with Gasteiger partial charge in [0.15, 0.2) is 4.77 Å². The number of rotatable bonds is 4. The second kappa shape index (κ2) is 7.51. The highest BCUT2D eigenvalue weighted by atomic mass is 79.9. The summed E-state index contributed by atoms with van der Waals surface area (Å²) in [5.74, 6) is -0.704. The van der Waals surface area contributed by atoms with Crippen molar-refractivity contribution < 1.29 is 9.18 Å². The predicted molar refractivity (Wildman–Crippen MR) is 104 cm³/mol. The van der Waals surface area contributed by atoms with Crippen molar-refractivity contribution in [2.24, 2.45) is 0 Å². The number of hydrogen-bond donors (Lipinski definition) is 2. The lowest BCUT2D eigenvalue weighted by atomic mass is 10.1. The number of hydrogen-bond acceptors (Lipinski definition) is 3. The van der Waals surface area contributed by atoms with Gasteiger partial charge in [0.25, 0.3) is 11.5 Å². The van der Waals surface area contributed by atoms with Crippen molar-refractivity contribution in [3.63, 3.8) is 0 Å². The van der Waals surface area contributed by atoms with Gasteiger partial charge in [-0.2, -0.15) is 0 Å². The number of H-pyrrole nitrogens is 1. The molecule has 1 amide bonds. The first-order valence-corrected chi connectivity index (χ1v) is 9.10. The fourth-order valence-corrected chi connectivity index (χ4v) is 3.35. The zero-order chi connectivity index (χ0) is 18.8. The smallest absolute Gasteiger partial charge is 0.262 e. The lowest BCUT2D eigenvalue weighted by Crippen LogP contribution is -2.24. The number of aromatic nitrogens is 2. The molecule has 134 valence electrons. The molecule has 0 aliphatic heterocycles. The fourth-order valence-electron chi connectivity index (χ4n) is 2.64. The van der Waals surface area contributed by atoms with Gasteiger partial charge >= 0.3 is 0 Å². The molecule has 0 unspecified atom stereocenters. The molecule has 0 bridgehead atoms. The normalized spacial score (nSPS) is 10.9. The molecule has 0 spiro atoms. The van der Waals surface area contributed by atoms with Gasteiger partial charge in [0, 0.05) is 23.1 Å². The van der Waals surface area contributed by atoms with Crippen LogP contribution in [0.25, 0.3) is 10.9 Å². The van der Waals surface area contributed by atoms with E-state index in [9.17, 15) is 14.0 Å². The van der Waals surface area contributed by atoms with Crippen molar-refractivity contribution in [2.75, 3.05) is 0 Å². The van der Waals surface area contributed by atoms with Gasteiger partial charge in [-0.25, -0.2) is 4.39 Å². The van der Waals surface area contributed by atoms with Gasteiger partial charge in [-0.05, 0) is 61.1 Å². The van der Waals surface area contributed by atoms with Gasteiger partial charge in [-0.1, -0.05) is 15.9 Å². The molecule has 2 aromatic carbocycles. The summed E-state index contributed by atoms with van der Waals surface area (Å²) in [6.45, 7) is 2.47. The molecule has 0 radical (unpaired) electrons. The second-order valence-electron chi connectivity index (χ2n) is 5.66. The molecule has 0 fully saturated rings. The van der Waals surface area contributed by atoms with Gasteiger partial charge in [0.05, 0.1) is 10.9 Å². The van der Waals surface area contributed by atoms with Crippen molar-refractivity contribution in [3.05, 3.63) is 72.9 Å². The Morgan fingerprint density at radius 1 is 1.31 bits per heavy atom. The van der Waals surface area contributed by atoms with Crippen LogP contribution in [0.2, 0.25) is 0 Å². The lowest BCUT2D eigenvalue weighted by molar-refractivity contribution is 0.0951. The highest BCUT2D eigenvalue weighted by molar-refractivity contribution is 9.10. The van der Waals surface area contributed by atoms with Gasteiger partial charge in [0.1, 0.15) is 5.82 Å². The van der Waals surface area contributed by atoms with E-state index in [1.165, 1.54) is 16.7 Å². The maximum atomic E-state index is 13.3. The Balaban J connectivity index is 1.88. The summed E-state index contributed by atoms with van der Waals surface area (Å²) in [5, 5.41) is 3.20. The molecular formula is C18H15BrFN3O2S. The van der Waals surface area contributed by atoms with Crippen LogP contribution in [0.15, 0.2) is 45.7 Å². The van der Waals surface area contributed by atoms with E-state index in [0.29, 0.717) is 37.8 Å². The van der Waals surface area contributed by atoms with Crippen LogP contribution in [-0.2, 0) is 13.1 Å². The summed E-state index contributed by atoms with van der Waals surface area (Å²) in [6, 6.07) is 9.05. The highest BCUT2D eigenvalue weighted by Crippen LogP contribution is 2.18. The first-order chi connectivity index (χ1) is 12.4. The first kappa shape index (κ1) is 18.5. The quantitative estimate of drug-likeness (QED) is 0.610. The maximum absolute atomic E-state index is 13.3. The van der Waals surface area contributed by atoms with Gasteiger partial charge in [-0.15, -0.1) is 0 Å². The Hall–Kier alpha value is -2.32. The molecule has 0 saturated heterocycles. The Morgan fingerprint density at radius 3 is 2.81 bits per heavy atom. The van der Waals surface area contributed by atoms with Crippen molar-refractivity contribution in [3.8, 4) is 0 Å². The van der Waals surface area contributed by atoms with Crippen LogP contribution in [0.1, 0.15) is 22.8 Å². The summed E-state index contributed by atoms with van der Waals surface area (Å²) in [5.41, 5.74) is 1.32. The van der Waals surface area contributed by atoms with E-state index >= 15 is 0 Å². The van der Waals surface area contributed by atoms with Gasteiger partial charge < -0.3 is 10.3 Å². The standard InChI is InChI=1S/C18H15BrFN3O2S/c1-2-23-17(25)13-5-3-10(8-15(13)22-18(23)26)16(24)21-9-11-7-12(20)4-6-14(11)19/h3-8H,2,9H2,1H3,(H,21,24)(H,22,26). The molecule has 0 aliphatic carbocycles. The summed E-state index contributed by atoms with van der Waals surface area (Å²) < 4.78 is 15.8. The fraction of sp³-hybridized carbons (Fsp3) is 0.167. The topological polar surface area (TPSA) is 66.9 Å². The molecular weight excluding hydrogens is 421 g/mol. The van der Waals surface area contributed by atoms with Crippen molar-refractivity contribution >= 4 is 45.0 Å². The predicted octanol–water partition coefficient (Wildman–Crippen LogP) is 3.91. The average Bonchev–Trinajstić information content (AvgIpc) is 2.62. The Labute approximate surface area is 162 Å². The van der Waals surface area contributed by atoms with Gasteiger partial charge in [0.2, 0.25) is 0 Å². The number of amides is 1. The van der Waals surface area contributed by atoms with E-state index in [4.69, 9.17) is 12.2 Å². The number of carbonyl (C=O) groups is 1. The zero-order valence-corrected chi connectivity index (χ0v) is 16.2. The molecule has 0 atom stereocenters. The molecule has 0 aliphatic rings. The van der Waals surface area contributed by atoms with Crippen LogP contribution in [0, 0.1) is 10.6 Å². The number of nitrogens with zero attached hydrogens (tertiary/aromatic N) is 1. The van der Waals surface area contributed by atoms with Crippen LogP contribution in [-0.4, -0.2) is 15.5 Å². The maximum Gasteiger partial charge on any atom is 0.262 e. The first-order valence-electron chi connectivity index (χ1n) is 7.89. The summed E-state index contributed by atoms with van der Waals surface area (Å²) in [6.07, 6.45) is 0. The number of nitrogens with one attached hydrogen (secondary N) is 2. The molecule has 8 heteroatoms. The third-order valence-electron chi connectivity index (χ3n) is 4.01. The molecule has 5 nitrogen and oxygen atoms in total. The average molecular weight is 436 g/mol. The summed E-state index contributed by atoms with van der Waals surface area (Å²) in [7, 11) is 0. The zero-order valence-electron chi connectivity index (χ0n) is 13.8. The molecule has 1 heterocycles. The SMILES string of the molecule is CCn1c(=S)[nH]c2cc(C(=O)NCc3cc(F)ccc3Br)ccc2c1=O. The molecule has 3 aromatic rings. The minimum atomic E-state index is -0.372. The van der Waals surface area contributed by atoms with E-state index in [1.54, 1.807) is 24.3 Å². The van der Waals surface area contributed by atoms with E-state index < -0.39 is 0 Å². The number of aromatic amines is 1.